The fourth-order valence-electron chi connectivity index (χ4n) is 1.65. The molecule has 110 valence electrons. The van der Waals surface area contributed by atoms with Crippen LogP contribution in [0.5, 0.6) is 0 Å². The number of rotatable bonds is 5. The second-order valence-electron chi connectivity index (χ2n) is 4.37. The summed E-state index contributed by atoms with van der Waals surface area (Å²) in [6, 6.07) is 12.2. The number of benzene rings is 1. The molecule has 0 bridgehead atoms. The van der Waals surface area contributed by atoms with E-state index in [0.29, 0.717) is 17.3 Å². The topological polar surface area (TPSA) is 77.8 Å². The highest BCUT2D eigenvalue weighted by molar-refractivity contribution is 6.30. The Balaban J connectivity index is 1.95. The summed E-state index contributed by atoms with van der Waals surface area (Å²) in [4.78, 5) is 16.0. The summed E-state index contributed by atoms with van der Waals surface area (Å²) in [5.74, 6) is -0.483. The fourth-order valence-corrected chi connectivity index (χ4v) is 1.78. The molecule has 1 aromatic heterocycles. The number of anilines is 1. The zero-order valence-corrected chi connectivity index (χ0v) is 12.3. The Morgan fingerprint density at radius 2 is 2.09 bits per heavy atom. The number of amides is 1. The van der Waals surface area contributed by atoms with E-state index in [1.54, 1.807) is 36.7 Å². The predicted octanol–water partition coefficient (Wildman–Crippen LogP) is 2.87. The zero-order chi connectivity index (χ0) is 15.8. The monoisotopic (exact) mass is 312 g/mol. The average Bonchev–Trinajstić information content (AvgIpc) is 2.54. The van der Waals surface area contributed by atoms with Crippen LogP contribution in [0.15, 0.2) is 60.6 Å². The van der Waals surface area contributed by atoms with E-state index in [1.807, 2.05) is 18.2 Å². The van der Waals surface area contributed by atoms with Gasteiger partial charge in [-0.15, -0.1) is 0 Å². The second kappa shape index (κ2) is 7.81. The number of carbonyl (C=O) groups is 1. The van der Waals surface area contributed by atoms with Gasteiger partial charge in [-0.05, 0) is 35.9 Å². The molecule has 0 aliphatic heterocycles. The number of hydrogen-bond donors (Lipinski definition) is 2. The normalized spacial score (nSPS) is 10.6. The van der Waals surface area contributed by atoms with E-state index in [-0.39, 0.29) is 5.57 Å². The third kappa shape index (κ3) is 4.62. The van der Waals surface area contributed by atoms with Crippen molar-refractivity contribution in [3.8, 4) is 6.07 Å². The standard InChI is InChI=1S/C16H13ClN4O/c17-14-3-5-15(6-4-14)21-16(22)13(8-18)11-20-10-12-2-1-7-19-9-12/h1-7,9,11,20H,10H2,(H,21,22)/b13-11-. The quantitative estimate of drug-likeness (QED) is 0.657. The molecule has 0 spiro atoms. The minimum absolute atomic E-state index is 0.0150. The van der Waals surface area contributed by atoms with Crippen LogP contribution in [-0.2, 0) is 11.3 Å². The fraction of sp³-hybridized carbons (Fsp3) is 0.0625. The maximum atomic E-state index is 12.0. The average molecular weight is 313 g/mol. The zero-order valence-electron chi connectivity index (χ0n) is 11.6. The van der Waals surface area contributed by atoms with Gasteiger partial charge in [0, 0.05) is 35.8 Å². The number of hydrogen-bond acceptors (Lipinski definition) is 4. The lowest BCUT2D eigenvalue weighted by atomic mass is 10.2. The lowest BCUT2D eigenvalue weighted by molar-refractivity contribution is -0.112. The van der Waals surface area contributed by atoms with Crippen LogP contribution in [0.1, 0.15) is 5.56 Å². The number of halogens is 1. The number of nitrogens with zero attached hydrogens (tertiary/aromatic N) is 2. The van der Waals surface area contributed by atoms with E-state index in [0.717, 1.165) is 5.56 Å². The summed E-state index contributed by atoms with van der Waals surface area (Å²) < 4.78 is 0. The lowest BCUT2D eigenvalue weighted by Crippen LogP contribution is -2.16. The van der Waals surface area contributed by atoms with Crippen molar-refractivity contribution in [2.75, 3.05) is 5.32 Å². The molecule has 0 saturated heterocycles. The van der Waals surface area contributed by atoms with Gasteiger partial charge in [-0.1, -0.05) is 17.7 Å². The molecule has 0 aliphatic rings. The summed E-state index contributed by atoms with van der Waals surface area (Å²) in [6.45, 7) is 0.479. The first kappa shape index (κ1) is 15.5. The van der Waals surface area contributed by atoms with E-state index in [9.17, 15) is 4.79 Å². The maximum absolute atomic E-state index is 12.0. The van der Waals surface area contributed by atoms with Crippen molar-refractivity contribution in [2.24, 2.45) is 0 Å². The number of nitriles is 1. The summed E-state index contributed by atoms with van der Waals surface area (Å²) in [6.07, 6.45) is 4.78. The number of aromatic nitrogens is 1. The first-order chi connectivity index (χ1) is 10.7. The highest BCUT2D eigenvalue weighted by Gasteiger charge is 2.08. The van der Waals surface area contributed by atoms with Crippen molar-refractivity contribution in [3.63, 3.8) is 0 Å². The Kier molecular flexibility index (Phi) is 5.52. The van der Waals surface area contributed by atoms with Crippen LogP contribution in [0.2, 0.25) is 5.02 Å². The van der Waals surface area contributed by atoms with Gasteiger partial charge in [0.25, 0.3) is 5.91 Å². The predicted molar refractivity (Wildman–Crippen MR) is 84.9 cm³/mol. The van der Waals surface area contributed by atoms with Gasteiger partial charge >= 0.3 is 0 Å². The molecule has 2 N–H and O–H groups in total. The maximum Gasteiger partial charge on any atom is 0.267 e. The summed E-state index contributed by atoms with van der Waals surface area (Å²) in [5, 5.41) is 15.2. The largest absolute Gasteiger partial charge is 0.386 e. The number of carbonyl (C=O) groups excluding carboxylic acids is 1. The third-order valence-corrected chi connectivity index (χ3v) is 2.99. The van der Waals surface area contributed by atoms with Crippen molar-refractivity contribution < 1.29 is 4.79 Å². The Labute approximate surface area is 133 Å². The van der Waals surface area contributed by atoms with Gasteiger partial charge in [-0.2, -0.15) is 5.26 Å². The van der Waals surface area contributed by atoms with Gasteiger partial charge in [-0.3, -0.25) is 9.78 Å². The molecular formula is C16H13ClN4O. The molecule has 6 heteroatoms. The molecule has 0 radical (unpaired) electrons. The van der Waals surface area contributed by atoms with Crippen LogP contribution in [0.4, 0.5) is 5.69 Å². The minimum atomic E-state index is -0.483. The van der Waals surface area contributed by atoms with Gasteiger partial charge in [0.1, 0.15) is 11.6 Å². The van der Waals surface area contributed by atoms with E-state index >= 15 is 0 Å². The molecule has 1 heterocycles. The molecule has 22 heavy (non-hydrogen) atoms. The summed E-state index contributed by atoms with van der Waals surface area (Å²) in [5.41, 5.74) is 1.51. The molecule has 0 unspecified atom stereocenters. The smallest absolute Gasteiger partial charge is 0.267 e. The number of pyridine rings is 1. The summed E-state index contributed by atoms with van der Waals surface area (Å²) >= 11 is 5.77. The summed E-state index contributed by atoms with van der Waals surface area (Å²) in [7, 11) is 0. The Bertz CT molecular complexity index is 705. The van der Waals surface area contributed by atoms with Gasteiger partial charge in [0.2, 0.25) is 0 Å². The molecular weight excluding hydrogens is 300 g/mol. The van der Waals surface area contributed by atoms with Gasteiger partial charge in [0.15, 0.2) is 0 Å². The molecule has 2 rings (SSSR count). The van der Waals surface area contributed by atoms with Crippen molar-refractivity contribution in [1.82, 2.24) is 10.3 Å². The molecule has 5 nitrogen and oxygen atoms in total. The van der Waals surface area contributed by atoms with E-state index < -0.39 is 5.91 Å². The molecule has 2 aromatic rings. The van der Waals surface area contributed by atoms with Gasteiger partial charge in [-0.25, -0.2) is 0 Å². The van der Waals surface area contributed by atoms with Crippen LogP contribution in [0.25, 0.3) is 0 Å². The highest BCUT2D eigenvalue weighted by atomic mass is 35.5. The van der Waals surface area contributed by atoms with Crippen molar-refractivity contribution in [2.45, 2.75) is 6.54 Å². The van der Waals surface area contributed by atoms with Crippen LogP contribution >= 0.6 is 11.6 Å². The SMILES string of the molecule is N#C/C(=C/NCc1cccnc1)C(=O)Nc1ccc(Cl)cc1. The van der Waals surface area contributed by atoms with Crippen molar-refractivity contribution >= 4 is 23.2 Å². The first-order valence-corrected chi connectivity index (χ1v) is 6.86. The molecule has 0 atom stereocenters. The second-order valence-corrected chi connectivity index (χ2v) is 4.81. The van der Waals surface area contributed by atoms with Crippen LogP contribution < -0.4 is 10.6 Å². The van der Waals surface area contributed by atoms with Crippen molar-refractivity contribution in [1.29, 1.82) is 5.26 Å². The molecule has 1 amide bonds. The first-order valence-electron chi connectivity index (χ1n) is 6.48. The Morgan fingerprint density at radius 3 is 2.73 bits per heavy atom. The highest BCUT2D eigenvalue weighted by Crippen LogP contribution is 2.14. The van der Waals surface area contributed by atoms with Crippen LogP contribution in [0, 0.1) is 11.3 Å². The van der Waals surface area contributed by atoms with Gasteiger partial charge < -0.3 is 10.6 Å². The minimum Gasteiger partial charge on any atom is -0.386 e. The molecule has 0 saturated carbocycles. The lowest BCUT2D eigenvalue weighted by Gasteiger charge is -2.05. The number of nitrogens with one attached hydrogen (secondary N) is 2. The van der Waals surface area contributed by atoms with Crippen LogP contribution in [0.3, 0.4) is 0 Å². The van der Waals surface area contributed by atoms with Gasteiger partial charge in [0.05, 0.1) is 0 Å². The van der Waals surface area contributed by atoms with Crippen LogP contribution in [-0.4, -0.2) is 10.9 Å². The third-order valence-electron chi connectivity index (χ3n) is 2.74. The van der Waals surface area contributed by atoms with E-state index in [1.165, 1.54) is 6.20 Å². The van der Waals surface area contributed by atoms with Crippen molar-refractivity contribution in [3.05, 3.63) is 71.2 Å². The molecule has 0 fully saturated rings. The Hall–Kier alpha value is -2.84. The molecule has 1 aromatic carbocycles. The molecule has 0 aliphatic carbocycles. The van der Waals surface area contributed by atoms with E-state index in [4.69, 9.17) is 16.9 Å². The van der Waals surface area contributed by atoms with E-state index in [2.05, 4.69) is 15.6 Å². The Morgan fingerprint density at radius 1 is 1.32 bits per heavy atom.